The van der Waals surface area contributed by atoms with Crippen molar-refractivity contribution in [3.8, 4) is 0 Å². The number of amidine groups is 1. The van der Waals surface area contributed by atoms with E-state index in [2.05, 4.69) is 33.9 Å². The van der Waals surface area contributed by atoms with Crippen molar-refractivity contribution in [2.24, 2.45) is 12.0 Å². The molecule has 0 unspecified atom stereocenters. The van der Waals surface area contributed by atoms with Gasteiger partial charge in [0.25, 0.3) is 5.91 Å². The number of aryl methyl sites for hydroxylation is 2. The van der Waals surface area contributed by atoms with Gasteiger partial charge in [0, 0.05) is 34.2 Å². The molecule has 0 saturated carbocycles. The van der Waals surface area contributed by atoms with E-state index in [1.807, 2.05) is 44.3 Å². The summed E-state index contributed by atoms with van der Waals surface area (Å²) >= 11 is 7.51. The van der Waals surface area contributed by atoms with Gasteiger partial charge in [-0.2, -0.15) is 0 Å². The third-order valence-electron chi connectivity index (χ3n) is 4.76. The lowest BCUT2D eigenvalue weighted by Gasteiger charge is -2.00. The molecule has 6 heteroatoms. The molecule has 0 aliphatic carbocycles. The third kappa shape index (κ3) is 3.29. The summed E-state index contributed by atoms with van der Waals surface area (Å²) in [6.07, 6.45) is 1.95. The summed E-state index contributed by atoms with van der Waals surface area (Å²) in [6.45, 7) is 4.01. The molecule has 1 aromatic heterocycles. The molecule has 1 N–H and O–H groups in total. The van der Waals surface area contributed by atoms with Crippen molar-refractivity contribution in [3.63, 3.8) is 0 Å². The smallest absolute Gasteiger partial charge is 0.264 e. The van der Waals surface area contributed by atoms with E-state index in [1.165, 1.54) is 11.8 Å². The summed E-state index contributed by atoms with van der Waals surface area (Å²) < 4.78 is 2.14. The zero-order valence-corrected chi connectivity index (χ0v) is 16.8. The van der Waals surface area contributed by atoms with Crippen molar-refractivity contribution in [3.05, 3.63) is 69.2 Å². The fourth-order valence-corrected chi connectivity index (χ4v) is 4.11. The zero-order valence-electron chi connectivity index (χ0n) is 15.2. The first-order valence-electron chi connectivity index (χ1n) is 8.54. The van der Waals surface area contributed by atoms with Crippen LogP contribution in [0.25, 0.3) is 17.0 Å². The number of amides is 1. The molecule has 0 spiro atoms. The molecule has 0 bridgehead atoms. The molecule has 136 valence electrons. The van der Waals surface area contributed by atoms with E-state index in [4.69, 9.17) is 11.6 Å². The number of fused-ring (bicyclic) bond motifs is 1. The third-order valence-corrected chi connectivity index (χ3v) is 6.08. The van der Waals surface area contributed by atoms with Gasteiger partial charge in [-0.25, -0.2) is 4.99 Å². The lowest BCUT2D eigenvalue weighted by Crippen LogP contribution is -2.19. The Kier molecular flexibility index (Phi) is 4.58. The summed E-state index contributed by atoms with van der Waals surface area (Å²) in [4.78, 5) is 17.6. The second-order valence-corrected chi connectivity index (χ2v) is 7.93. The molecule has 3 aromatic rings. The Bertz CT molecular complexity index is 1140. The van der Waals surface area contributed by atoms with Crippen molar-refractivity contribution in [1.29, 1.82) is 0 Å². The average molecular weight is 396 g/mol. The van der Waals surface area contributed by atoms with Gasteiger partial charge in [-0.3, -0.25) is 4.79 Å². The molecule has 1 aliphatic heterocycles. The lowest BCUT2D eigenvalue weighted by molar-refractivity contribution is -0.115. The van der Waals surface area contributed by atoms with Gasteiger partial charge >= 0.3 is 0 Å². The SMILES string of the molecule is Cc1ccc(N=C2NC(=O)/C(=C/c3c(C)n(C)c4ccccc34)S2)cc1Cl. The van der Waals surface area contributed by atoms with E-state index in [0.717, 1.165) is 33.4 Å². The van der Waals surface area contributed by atoms with E-state index in [1.54, 1.807) is 6.07 Å². The highest BCUT2D eigenvalue weighted by atomic mass is 35.5. The van der Waals surface area contributed by atoms with Crippen LogP contribution < -0.4 is 5.32 Å². The minimum atomic E-state index is -0.135. The standard InChI is InChI=1S/C21H18ClN3OS/c1-12-8-9-14(10-17(12)22)23-21-24-20(26)19(27-21)11-16-13(2)25(3)18-7-5-4-6-15(16)18/h4-11H,1-3H3,(H,23,24,26)/b19-11-. The number of carbonyl (C=O) groups excluding carboxylic acids is 1. The Balaban J connectivity index is 1.70. The summed E-state index contributed by atoms with van der Waals surface area (Å²) in [5.74, 6) is -0.135. The van der Waals surface area contributed by atoms with E-state index in [9.17, 15) is 4.79 Å². The number of halogens is 1. The number of hydrogen-bond acceptors (Lipinski definition) is 3. The van der Waals surface area contributed by atoms with Gasteiger partial charge < -0.3 is 9.88 Å². The van der Waals surface area contributed by atoms with Crippen LogP contribution in [0.4, 0.5) is 5.69 Å². The van der Waals surface area contributed by atoms with Crippen LogP contribution in [-0.2, 0) is 11.8 Å². The monoisotopic (exact) mass is 395 g/mol. The maximum Gasteiger partial charge on any atom is 0.264 e. The summed E-state index contributed by atoms with van der Waals surface area (Å²) in [7, 11) is 2.04. The summed E-state index contributed by atoms with van der Waals surface area (Å²) in [5.41, 5.74) is 5.04. The predicted octanol–water partition coefficient (Wildman–Crippen LogP) is 5.34. The number of aliphatic imine (C=N–C) groups is 1. The predicted molar refractivity (Wildman–Crippen MR) is 115 cm³/mol. The Morgan fingerprint density at radius 3 is 2.74 bits per heavy atom. The second kappa shape index (κ2) is 6.91. The van der Waals surface area contributed by atoms with Crippen molar-refractivity contribution >= 4 is 57.1 Å². The number of benzene rings is 2. The highest BCUT2D eigenvalue weighted by molar-refractivity contribution is 8.18. The molecule has 4 nitrogen and oxygen atoms in total. The number of rotatable bonds is 2. The van der Waals surface area contributed by atoms with Crippen LogP contribution in [0.15, 0.2) is 52.4 Å². The number of aromatic nitrogens is 1. The number of thioether (sulfide) groups is 1. The minimum Gasteiger partial charge on any atom is -0.347 e. The highest BCUT2D eigenvalue weighted by Gasteiger charge is 2.25. The molecule has 1 fully saturated rings. The normalized spacial score (nSPS) is 17.3. The maximum absolute atomic E-state index is 12.4. The van der Waals surface area contributed by atoms with Gasteiger partial charge in [0.1, 0.15) is 0 Å². The number of para-hydroxylation sites is 1. The minimum absolute atomic E-state index is 0.135. The Hall–Kier alpha value is -2.50. The lowest BCUT2D eigenvalue weighted by atomic mass is 10.1. The fourth-order valence-electron chi connectivity index (χ4n) is 3.11. The Morgan fingerprint density at radius 2 is 1.96 bits per heavy atom. The molecule has 0 radical (unpaired) electrons. The van der Waals surface area contributed by atoms with Crippen molar-refractivity contribution < 1.29 is 4.79 Å². The van der Waals surface area contributed by atoms with Gasteiger partial charge in [-0.05, 0) is 55.4 Å². The quantitative estimate of drug-likeness (QED) is 0.595. The average Bonchev–Trinajstić information content (AvgIpc) is 3.11. The van der Waals surface area contributed by atoms with E-state index >= 15 is 0 Å². The van der Waals surface area contributed by atoms with Crippen LogP contribution in [0, 0.1) is 13.8 Å². The van der Waals surface area contributed by atoms with E-state index in [-0.39, 0.29) is 5.91 Å². The van der Waals surface area contributed by atoms with Crippen LogP contribution in [-0.4, -0.2) is 15.6 Å². The molecule has 4 rings (SSSR count). The molecular formula is C21H18ClN3OS. The molecule has 2 aromatic carbocycles. The Labute approximate surface area is 166 Å². The molecule has 2 heterocycles. The largest absolute Gasteiger partial charge is 0.347 e. The number of nitrogens with zero attached hydrogens (tertiary/aromatic N) is 2. The topological polar surface area (TPSA) is 46.4 Å². The Morgan fingerprint density at radius 1 is 1.19 bits per heavy atom. The van der Waals surface area contributed by atoms with Gasteiger partial charge in [0.05, 0.1) is 10.6 Å². The molecular weight excluding hydrogens is 378 g/mol. The first-order valence-corrected chi connectivity index (χ1v) is 9.73. The maximum atomic E-state index is 12.4. The molecule has 1 saturated heterocycles. The zero-order chi connectivity index (χ0) is 19.1. The number of hydrogen-bond donors (Lipinski definition) is 1. The molecule has 0 atom stereocenters. The number of nitrogens with one attached hydrogen (secondary N) is 1. The van der Waals surface area contributed by atoms with Crippen LogP contribution in [0.3, 0.4) is 0 Å². The van der Waals surface area contributed by atoms with Crippen molar-refractivity contribution in [2.75, 3.05) is 0 Å². The first kappa shape index (κ1) is 17.9. The highest BCUT2D eigenvalue weighted by Crippen LogP contribution is 2.33. The molecule has 1 amide bonds. The number of carbonyl (C=O) groups is 1. The van der Waals surface area contributed by atoms with Crippen LogP contribution >= 0.6 is 23.4 Å². The van der Waals surface area contributed by atoms with Crippen molar-refractivity contribution in [1.82, 2.24) is 9.88 Å². The van der Waals surface area contributed by atoms with E-state index in [0.29, 0.717) is 15.1 Å². The molecule has 1 aliphatic rings. The molecule has 27 heavy (non-hydrogen) atoms. The van der Waals surface area contributed by atoms with Gasteiger partial charge in [0.15, 0.2) is 5.17 Å². The van der Waals surface area contributed by atoms with Crippen LogP contribution in [0.5, 0.6) is 0 Å². The summed E-state index contributed by atoms with van der Waals surface area (Å²) in [5, 5.41) is 5.19. The second-order valence-electron chi connectivity index (χ2n) is 6.49. The van der Waals surface area contributed by atoms with Crippen LogP contribution in [0.1, 0.15) is 16.8 Å². The van der Waals surface area contributed by atoms with Gasteiger partial charge in [-0.15, -0.1) is 0 Å². The first-order chi connectivity index (χ1) is 12.9. The van der Waals surface area contributed by atoms with Crippen LogP contribution in [0.2, 0.25) is 5.02 Å². The van der Waals surface area contributed by atoms with Crippen molar-refractivity contribution in [2.45, 2.75) is 13.8 Å². The summed E-state index contributed by atoms with van der Waals surface area (Å²) in [6, 6.07) is 13.8. The fraction of sp³-hybridized carbons (Fsp3) is 0.143. The van der Waals surface area contributed by atoms with E-state index < -0.39 is 0 Å². The van der Waals surface area contributed by atoms with Gasteiger partial charge in [0.2, 0.25) is 0 Å². The van der Waals surface area contributed by atoms with Gasteiger partial charge in [-0.1, -0.05) is 35.9 Å².